The third-order valence-electron chi connectivity index (χ3n) is 15.8. The Kier molecular flexibility index (Phi) is 20.3. The number of aryl methyl sites for hydroxylation is 1. The van der Waals surface area contributed by atoms with Crippen LogP contribution in [0.5, 0.6) is 0 Å². The highest BCUT2D eigenvalue weighted by molar-refractivity contribution is 5.95. The van der Waals surface area contributed by atoms with Gasteiger partial charge in [0.25, 0.3) is 0 Å². The van der Waals surface area contributed by atoms with E-state index in [4.69, 9.17) is 15.2 Å². The fraction of sp³-hybridized carbons (Fsp3) is 0.492. The number of amides is 7. The SMILES string of the molecule is CC1Cc2ccccc2CN1C(=O)C(N)C(C)(C)C.COCC(c1ccccc1)N(C=O)Cc1ccc2c(ccn2C(=O)NC2CC(C(=O)NC3CCCc4ccccc43)N(C(=O)C(NC(=O)CN(C)C(=O)OC(C)(C)C)C(C)(C)C)C2)c1. The summed E-state index contributed by atoms with van der Waals surface area (Å²) in [6.07, 6.45) is 5.41. The van der Waals surface area contributed by atoms with Gasteiger partial charge in [0.1, 0.15) is 24.2 Å². The van der Waals surface area contributed by atoms with Crippen LogP contribution in [0.2, 0.25) is 0 Å². The molecule has 1 aliphatic carbocycles. The van der Waals surface area contributed by atoms with Crippen molar-refractivity contribution in [1.82, 2.24) is 40.1 Å². The zero-order valence-electron chi connectivity index (χ0n) is 50.6. The van der Waals surface area contributed by atoms with E-state index in [0.29, 0.717) is 25.2 Å². The Morgan fingerprint density at radius 3 is 2.11 bits per heavy atom. The van der Waals surface area contributed by atoms with E-state index in [0.717, 1.165) is 59.1 Å². The number of nitrogens with zero attached hydrogens (tertiary/aromatic N) is 5. The molecule has 0 spiro atoms. The summed E-state index contributed by atoms with van der Waals surface area (Å²) < 4.78 is 12.4. The molecule has 7 atom stereocenters. The number of fused-ring (bicyclic) bond motifs is 3. The first-order valence-electron chi connectivity index (χ1n) is 28.9. The zero-order chi connectivity index (χ0) is 60.6. The standard InChI is InChI=1S/C49H63N7O8.C16H24N2O/c1-48(2,3)43(52-42(58)29-53(7)47(62)64-49(4,5)6)45(60)56-28-36(26-40(56)44(59)51-38-20-14-18-33-15-12-13-19-37(33)38)50-46(61)55-24-23-35-25-32(21-22-39(35)55)27-54(31-57)41(30-63-8)34-16-10-9-11-17-34;1-11-9-12-7-5-6-8-13(12)10-18(11)15(19)14(17)16(2,3)4/h9-13,15-17,19,21-25,31,36,38,40-41,43H,14,18,20,26-30H2,1-8H3,(H,50,61)(H,51,59)(H,52,58);5-8,11,14H,9-10,17H2,1-4H3. The number of ether oxygens (including phenoxy) is 2. The Hall–Kier alpha value is -7.57. The number of nitrogens with one attached hydrogen (secondary N) is 3. The Morgan fingerprint density at radius 2 is 1.46 bits per heavy atom. The third-order valence-corrected chi connectivity index (χ3v) is 15.8. The van der Waals surface area contributed by atoms with Crippen molar-refractivity contribution < 1.29 is 43.0 Å². The number of aromatic nitrogens is 1. The van der Waals surface area contributed by atoms with E-state index in [9.17, 15) is 33.6 Å². The normalized spacial score (nSPS) is 18.9. The summed E-state index contributed by atoms with van der Waals surface area (Å²) in [5, 5.41) is 9.93. The Bertz CT molecular complexity index is 3100. The second-order valence-corrected chi connectivity index (χ2v) is 25.6. The number of rotatable bonds is 15. The summed E-state index contributed by atoms with van der Waals surface area (Å²) in [6.45, 7) is 19.7. The smallest absolute Gasteiger partial charge is 0.410 e. The molecule has 18 heteroatoms. The van der Waals surface area contributed by atoms with Gasteiger partial charge in [-0.05, 0) is 122 Å². The lowest BCUT2D eigenvalue weighted by molar-refractivity contribution is -0.144. The van der Waals surface area contributed by atoms with Gasteiger partial charge in [0.2, 0.25) is 30.0 Å². The molecular formula is C65H87N9O9. The summed E-state index contributed by atoms with van der Waals surface area (Å²) in [5.74, 6) is -1.34. The van der Waals surface area contributed by atoms with Crippen LogP contribution in [0, 0.1) is 10.8 Å². The van der Waals surface area contributed by atoms with Crippen molar-refractivity contribution in [3.05, 3.63) is 143 Å². The summed E-state index contributed by atoms with van der Waals surface area (Å²) in [5.41, 5.74) is 11.6. The summed E-state index contributed by atoms with van der Waals surface area (Å²) in [6, 6.07) is 29.7. The highest BCUT2D eigenvalue weighted by Gasteiger charge is 2.46. The highest BCUT2D eigenvalue weighted by atomic mass is 16.6. The van der Waals surface area contributed by atoms with E-state index in [-0.39, 0.29) is 54.9 Å². The summed E-state index contributed by atoms with van der Waals surface area (Å²) in [4.78, 5) is 100. The topological polar surface area (TPSA) is 218 Å². The largest absolute Gasteiger partial charge is 0.444 e. The van der Waals surface area contributed by atoms with Crippen LogP contribution in [-0.2, 0) is 59.4 Å². The lowest BCUT2D eigenvalue weighted by atomic mass is 9.85. The van der Waals surface area contributed by atoms with Crippen molar-refractivity contribution in [2.45, 2.75) is 162 Å². The minimum atomic E-state index is -1.08. The van der Waals surface area contributed by atoms with Gasteiger partial charge in [0, 0.05) is 51.4 Å². The molecule has 0 bridgehead atoms. The van der Waals surface area contributed by atoms with Gasteiger partial charge in [-0.25, -0.2) is 9.59 Å². The van der Waals surface area contributed by atoms with Gasteiger partial charge in [-0.1, -0.05) is 126 Å². The predicted molar refractivity (Wildman–Crippen MR) is 321 cm³/mol. The van der Waals surface area contributed by atoms with Crippen molar-refractivity contribution in [2.24, 2.45) is 16.6 Å². The molecule has 8 rings (SSSR count). The van der Waals surface area contributed by atoms with Crippen LogP contribution < -0.4 is 21.7 Å². The van der Waals surface area contributed by atoms with E-state index < -0.39 is 59.1 Å². The minimum absolute atomic E-state index is 0.0130. The van der Waals surface area contributed by atoms with Gasteiger partial charge in [-0.3, -0.25) is 28.5 Å². The van der Waals surface area contributed by atoms with Crippen LogP contribution in [0.25, 0.3) is 10.9 Å². The third kappa shape index (κ3) is 16.0. The molecule has 7 unspecified atom stereocenters. The number of benzene rings is 4. The average molecular weight is 1140 g/mol. The summed E-state index contributed by atoms with van der Waals surface area (Å²) in [7, 11) is 3.05. The van der Waals surface area contributed by atoms with Gasteiger partial charge in [0.05, 0.1) is 36.3 Å². The lowest BCUT2D eigenvalue weighted by Gasteiger charge is -2.39. The molecule has 446 valence electrons. The average Bonchev–Trinajstić information content (AvgIpc) is 4.27. The van der Waals surface area contributed by atoms with Gasteiger partial charge < -0.3 is 50.8 Å². The van der Waals surface area contributed by atoms with E-state index in [1.54, 1.807) is 39.0 Å². The van der Waals surface area contributed by atoms with Crippen molar-refractivity contribution >= 4 is 53.1 Å². The predicted octanol–water partition coefficient (Wildman–Crippen LogP) is 8.44. The number of hydrogen-bond acceptors (Lipinski definition) is 10. The van der Waals surface area contributed by atoms with Crippen LogP contribution in [0.3, 0.4) is 0 Å². The highest BCUT2D eigenvalue weighted by Crippen LogP contribution is 2.33. The molecule has 7 amide bonds. The molecule has 1 aromatic heterocycles. The molecule has 3 aliphatic rings. The number of methoxy groups -OCH3 is 1. The minimum Gasteiger partial charge on any atom is -0.444 e. The molecular weight excluding hydrogens is 1050 g/mol. The second kappa shape index (κ2) is 26.8. The number of likely N-dealkylation sites (tertiary alicyclic amines) is 1. The second-order valence-electron chi connectivity index (χ2n) is 25.6. The number of nitrogens with two attached hydrogens (primary N) is 1. The van der Waals surface area contributed by atoms with Gasteiger partial charge in [0.15, 0.2) is 0 Å². The van der Waals surface area contributed by atoms with E-state index >= 15 is 0 Å². The first kappa shape index (κ1) is 63.0. The van der Waals surface area contributed by atoms with Crippen molar-refractivity contribution in [1.29, 1.82) is 0 Å². The maximum absolute atomic E-state index is 14.7. The fourth-order valence-corrected chi connectivity index (χ4v) is 11.1. The van der Waals surface area contributed by atoms with Crippen LogP contribution in [0.4, 0.5) is 9.59 Å². The maximum Gasteiger partial charge on any atom is 0.410 e. The van der Waals surface area contributed by atoms with Crippen molar-refractivity contribution in [3.8, 4) is 0 Å². The fourth-order valence-electron chi connectivity index (χ4n) is 11.1. The molecule has 4 aromatic carbocycles. The van der Waals surface area contributed by atoms with Crippen LogP contribution >= 0.6 is 0 Å². The van der Waals surface area contributed by atoms with Gasteiger partial charge in [-0.2, -0.15) is 0 Å². The van der Waals surface area contributed by atoms with Crippen molar-refractivity contribution in [2.75, 3.05) is 33.9 Å². The monoisotopic (exact) mass is 1140 g/mol. The Morgan fingerprint density at radius 1 is 0.795 bits per heavy atom. The summed E-state index contributed by atoms with van der Waals surface area (Å²) >= 11 is 0. The quantitative estimate of drug-likeness (QED) is 0.0734. The molecule has 1 fully saturated rings. The number of likely N-dealkylation sites (N-methyl/N-ethyl adjacent to an activating group) is 1. The van der Waals surface area contributed by atoms with E-state index in [1.807, 2.05) is 125 Å². The molecule has 18 nitrogen and oxygen atoms in total. The van der Waals surface area contributed by atoms with Gasteiger partial charge in [-0.15, -0.1) is 0 Å². The molecule has 0 radical (unpaired) electrons. The molecule has 1 saturated heterocycles. The number of carbonyl (C=O) groups is 7. The molecule has 5 N–H and O–H groups in total. The maximum atomic E-state index is 14.7. The molecule has 3 heterocycles. The molecule has 5 aromatic rings. The lowest BCUT2D eigenvalue weighted by Crippen LogP contribution is -2.59. The van der Waals surface area contributed by atoms with E-state index in [1.165, 1.54) is 33.2 Å². The molecule has 0 saturated carbocycles. The van der Waals surface area contributed by atoms with Crippen LogP contribution in [-0.4, -0.2) is 136 Å². The van der Waals surface area contributed by atoms with Gasteiger partial charge >= 0.3 is 12.1 Å². The first-order chi connectivity index (χ1) is 39.2. The zero-order valence-corrected chi connectivity index (χ0v) is 50.6. The molecule has 2 aliphatic heterocycles. The number of carbonyl (C=O) groups excluding carboxylic acids is 7. The van der Waals surface area contributed by atoms with Crippen LogP contribution in [0.1, 0.15) is 134 Å². The Balaban J connectivity index is 0.000000439. The van der Waals surface area contributed by atoms with E-state index in [2.05, 4.69) is 47.1 Å². The van der Waals surface area contributed by atoms with Crippen molar-refractivity contribution in [3.63, 3.8) is 0 Å². The molecule has 83 heavy (non-hydrogen) atoms. The van der Waals surface area contributed by atoms with Crippen LogP contribution in [0.15, 0.2) is 109 Å². The Labute approximate surface area is 489 Å². The first-order valence-corrected chi connectivity index (χ1v) is 28.9. The number of hydrogen-bond donors (Lipinski definition) is 4.